The molecule has 3 saturated heterocycles. The SMILES string of the molecule is CCOc1ccc(NC(=O)[C@H]2[C@H]3C(=O)N(CCCO)C(C(=O)NC(C)C)C34CC(Br)[C@@H]2O4)cc1. The number of likely N-dealkylation sites (tertiary alicyclic amines) is 1. The minimum Gasteiger partial charge on any atom is -0.494 e. The molecule has 3 fully saturated rings. The maximum Gasteiger partial charge on any atom is 0.246 e. The molecule has 4 rings (SSSR count). The van der Waals surface area contributed by atoms with E-state index in [1.54, 1.807) is 24.3 Å². The number of alkyl halides is 1. The predicted molar refractivity (Wildman–Crippen MR) is 129 cm³/mol. The van der Waals surface area contributed by atoms with E-state index in [1.165, 1.54) is 4.90 Å². The number of nitrogens with zero attached hydrogens (tertiary/aromatic N) is 1. The van der Waals surface area contributed by atoms with Crippen LogP contribution in [0.2, 0.25) is 0 Å². The van der Waals surface area contributed by atoms with E-state index < -0.39 is 29.6 Å². The number of aliphatic hydroxyl groups excluding tert-OH is 1. The lowest BCUT2D eigenvalue weighted by atomic mass is 9.70. The number of carbonyl (C=O) groups excluding carboxylic acids is 3. The molecule has 0 radical (unpaired) electrons. The third kappa shape index (κ3) is 4.20. The van der Waals surface area contributed by atoms with Crippen molar-refractivity contribution >= 4 is 39.3 Å². The van der Waals surface area contributed by atoms with Crippen LogP contribution in [-0.2, 0) is 19.1 Å². The number of ether oxygens (including phenoxy) is 2. The molecule has 1 aromatic rings. The zero-order valence-corrected chi connectivity index (χ0v) is 21.2. The van der Waals surface area contributed by atoms with Crippen molar-refractivity contribution in [1.82, 2.24) is 10.2 Å². The first-order valence-electron chi connectivity index (χ1n) is 11.8. The molecule has 1 aromatic carbocycles. The van der Waals surface area contributed by atoms with Crippen molar-refractivity contribution in [3.05, 3.63) is 24.3 Å². The molecule has 3 amide bonds. The Morgan fingerprint density at radius 2 is 2.00 bits per heavy atom. The Labute approximate surface area is 207 Å². The molecular weight excluding hydrogens is 506 g/mol. The van der Waals surface area contributed by atoms with Crippen LogP contribution in [0.3, 0.4) is 0 Å². The van der Waals surface area contributed by atoms with Gasteiger partial charge in [-0.1, -0.05) is 15.9 Å². The molecule has 3 aliphatic rings. The first-order valence-corrected chi connectivity index (χ1v) is 12.7. The van der Waals surface area contributed by atoms with Crippen LogP contribution in [0.25, 0.3) is 0 Å². The van der Waals surface area contributed by atoms with Gasteiger partial charge in [-0.05, 0) is 57.9 Å². The normalized spacial score (nSPS) is 31.6. The molecule has 0 aliphatic carbocycles. The largest absolute Gasteiger partial charge is 0.494 e. The van der Waals surface area contributed by atoms with E-state index in [0.29, 0.717) is 30.9 Å². The van der Waals surface area contributed by atoms with Gasteiger partial charge in [-0.25, -0.2) is 0 Å². The molecule has 3 N–H and O–H groups in total. The summed E-state index contributed by atoms with van der Waals surface area (Å²) in [6.45, 7) is 6.27. The number of halogens is 1. The predicted octanol–water partition coefficient (Wildman–Crippen LogP) is 1.68. The second kappa shape index (κ2) is 9.83. The molecule has 3 aliphatic heterocycles. The Morgan fingerprint density at radius 3 is 2.62 bits per heavy atom. The van der Waals surface area contributed by atoms with E-state index in [-0.39, 0.29) is 41.7 Å². The van der Waals surface area contributed by atoms with Crippen molar-refractivity contribution in [2.75, 3.05) is 25.1 Å². The van der Waals surface area contributed by atoms with Gasteiger partial charge in [0.05, 0.1) is 24.5 Å². The van der Waals surface area contributed by atoms with Gasteiger partial charge in [0, 0.05) is 29.7 Å². The lowest BCUT2D eigenvalue weighted by molar-refractivity contribution is -0.141. The average molecular weight is 538 g/mol. The number of aliphatic hydroxyl groups is 1. The number of nitrogens with one attached hydrogen (secondary N) is 2. The zero-order valence-electron chi connectivity index (χ0n) is 19.6. The highest BCUT2D eigenvalue weighted by Gasteiger charge is 2.76. The van der Waals surface area contributed by atoms with Gasteiger partial charge in [-0.15, -0.1) is 0 Å². The third-order valence-corrected chi connectivity index (χ3v) is 7.61. The van der Waals surface area contributed by atoms with Crippen LogP contribution in [0.1, 0.15) is 33.6 Å². The van der Waals surface area contributed by atoms with Gasteiger partial charge in [0.2, 0.25) is 17.7 Å². The van der Waals surface area contributed by atoms with E-state index in [4.69, 9.17) is 9.47 Å². The summed E-state index contributed by atoms with van der Waals surface area (Å²) in [6.07, 6.45) is 0.266. The lowest BCUT2D eigenvalue weighted by Crippen LogP contribution is -2.56. The highest BCUT2D eigenvalue weighted by Crippen LogP contribution is 2.60. The minimum atomic E-state index is -1.09. The molecule has 0 saturated carbocycles. The Hall–Kier alpha value is -2.17. The van der Waals surface area contributed by atoms with Gasteiger partial charge >= 0.3 is 0 Å². The van der Waals surface area contributed by atoms with E-state index in [2.05, 4.69) is 26.6 Å². The molecular formula is C24H32BrN3O6. The highest BCUT2D eigenvalue weighted by atomic mass is 79.9. The van der Waals surface area contributed by atoms with E-state index in [9.17, 15) is 19.5 Å². The quantitative estimate of drug-likeness (QED) is 0.412. The topological polar surface area (TPSA) is 117 Å². The van der Waals surface area contributed by atoms with Crippen molar-refractivity contribution in [1.29, 1.82) is 0 Å². The van der Waals surface area contributed by atoms with Crippen LogP contribution in [-0.4, -0.2) is 76.1 Å². The van der Waals surface area contributed by atoms with Crippen LogP contribution >= 0.6 is 15.9 Å². The molecule has 3 heterocycles. The number of anilines is 1. The number of rotatable bonds is 9. The fourth-order valence-corrected chi connectivity index (χ4v) is 6.54. The van der Waals surface area contributed by atoms with Gasteiger partial charge in [0.15, 0.2) is 0 Å². The number of amides is 3. The van der Waals surface area contributed by atoms with E-state index >= 15 is 0 Å². The first-order chi connectivity index (χ1) is 16.2. The summed E-state index contributed by atoms with van der Waals surface area (Å²) in [4.78, 5) is 41.7. The Kier molecular flexibility index (Phi) is 7.21. The van der Waals surface area contributed by atoms with Crippen molar-refractivity contribution in [2.24, 2.45) is 11.8 Å². The van der Waals surface area contributed by atoms with Gasteiger partial charge in [0.1, 0.15) is 17.4 Å². The minimum absolute atomic E-state index is 0.105. The van der Waals surface area contributed by atoms with Crippen LogP contribution in [0, 0.1) is 11.8 Å². The Bertz CT molecular complexity index is 941. The van der Waals surface area contributed by atoms with Crippen molar-refractivity contribution in [3.63, 3.8) is 0 Å². The Balaban J connectivity index is 1.63. The van der Waals surface area contributed by atoms with Crippen LogP contribution < -0.4 is 15.4 Å². The standard InChI is InChI=1S/C24H32BrN3O6/c1-4-33-15-8-6-14(7-9-15)27-21(30)17-18-23(32)28(10-5-11-29)20(22(31)26-13(2)3)24(18)12-16(25)19(17)34-24/h6-9,13,16-20,29H,4-5,10-12H2,1-3H3,(H,26,31)(H,27,30)/t16?,17-,18-,19-,20?,24?/m0/s1. The zero-order chi connectivity index (χ0) is 24.6. The fourth-order valence-electron chi connectivity index (χ4n) is 5.60. The molecule has 3 unspecified atom stereocenters. The third-order valence-electron chi connectivity index (χ3n) is 6.76. The number of fused-ring (bicyclic) bond motifs is 1. The summed E-state index contributed by atoms with van der Waals surface area (Å²) in [6, 6.07) is 6.08. The fraction of sp³-hybridized carbons (Fsp3) is 0.625. The molecule has 34 heavy (non-hydrogen) atoms. The Morgan fingerprint density at radius 1 is 1.29 bits per heavy atom. The molecule has 2 bridgehead atoms. The van der Waals surface area contributed by atoms with E-state index in [0.717, 1.165) is 0 Å². The number of hydrogen-bond donors (Lipinski definition) is 3. The lowest BCUT2D eigenvalue weighted by Gasteiger charge is -2.34. The first kappa shape index (κ1) is 24.9. The molecule has 0 aromatic heterocycles. The van der Waals surface area contributed by atoms with Crippen molar-refractivity contribution in [2.45, 2.75) is 62.2 Å². The maximum absolute atomic E-state index is 13.6. The molecule has 9 nitrogen and oxygen atoms in total. The second-order valence-corrected chi connectivity index (χ2v) is 10.6. The molecule has 186 valence electrons. The summed E-state index contributed by atoms with van der Waals surface area (Å²) in [5.74, 6) is -1.69. The van der Waals surface area contributed by atoms with Gasteiger partial charge in [-0.2, -0.15) is 0 Å². The number of carbonyl (C=O) groups is 3. The van der Waals surface area contributed by atoms with E-state index in [1.807, 2.05) is 20.8 Å². The highest BCUT2D eigenvalue weighted by molar-refractivity contribution is 9.09. The van der Waals surface area contributed by atoms with Gasteiger partial charge in [0.25, 0.3) is 0 Å². The number of hydrogen-bond acceptors (Lipinski definition) is 6. The summed E-state index contributed by atoms with van der Waals surface area (Å²) in [5, 5.41) is 15.2. The molecule has 10 heteroatoms. The van der Waals surface area contributed by atoms with Gasteiger partial charge < -0.3 is 30.1 Å². The average Bonchev–Trinajstić information content (AvgIpc) is 3.36. The summed E-state index contributed by atoms with van der Waals surface area (Å²) >= 11 is 3.64. The number of benzene rings is 1. The second-order valence-electron chi connectivity index (χ2n) is 9.38. The monoisotopic (exact) mass is 537 g/mol. The van der Waals surface area contributed by atoms with Crippen LogP contribution in [0.4, 0.5) is 5.69 Å². The van der Waals surface area contributed by atoms with Crippen molar-refractivity contribution in [3.8, 4) is 5.75 Å². The smallest absolute Gasteiger partial charge is 0.246 e. The molecule has 1 spiro atoms. The summed E-state index contributed by atoms with van der Waals surface area (Å²) in [7, 11) is 0. The van der Waals surface area contributed by atoms with Crippen molar-refractivity contribution < 1.29 is 29.0 Å². The molecule has 6 atom stereocenters. The van der Waals surface area contributed by atoms with Crippen LogP contribution in [0.5, 0.6) is 5.75 Å². The maximum atomic E-state index is 13.6. The summed E-state index contributed by atoms with van der Waals surface area (Å²) in [5.41, 5.74) is -0.501. The van der Waals surface area contributed by atoms with Crippen LogP contribution in [0.15, 0.2) is 24.3 Å². The summed E-state index contributed by atoms with van der Waals surface area (Å²) < 4.78 is 11.9. The van der Waals surface area contributed by atoms with Gasteiger partial charge in [-0.3, -0.25) is 14.4 Å².